The second-order valence-corrected chi connectivity index (χ2v) is 6.35. The molecule has 2 aromatic rings. The number of halogens is 1. The van der Waals surface area contributed by atoms with Crippen molar-refractivity contribution in [2.24, 2.45) is 0 Å². The molecule has 1 aliphatic rings. The van der Waals surface area contributed by atoms with Gasteiger partial charge in [0.25, 0.3) is 11.8 Å². The van der Waals surface area contributed by atoms with Crippen molar-refractivity contribution in [3.05, 3.63) is 71.0 Å². The maximum Gasteiger partial charge on any atom is 0.331 e. The van der Waals surface area contributed by atoms with Crippen molar-refractivity contribution in [3.8, 4) is 5.75 Å². The van der Waals surface area contributed by atoms with E-state index in [1.165, 1.54) is 42.5 Å². The number of barbiturate groups is 1. The zero-order valence-corrected chi connectivity index (χ0v) is 15.6. The predicted octanol–water partition coefficient (Wildman–Crippen LogP) is 0.659. The van der Waals surface area contributed by atoms with Crippen LogP contribution in [0.5, 0.6) is 5.75 Å². The fourth-order valence-electron chi connectivity index (χ4n) is 2.81. The number of ether oxygens (including phenoxy) is 1. The molecule has 0 aromatic heterocycles. The number of hydrogen-bond donors (Lipinski definition) is 1. The molecular formula is C21H16FN2O6-. The largest absolute Gasteiger partial charge is 0.546 e. The Hall–Kier alpha value is -4.01. The molecule has 3 rings (SSSR count). The minimum absolute atomic E-state index is 0.0241. The SMILES string of the molecule is O=C([O-])COc1ccccc1/C=C1\C(=O)NC(=O)N(CCc2ccc(F)cc2)C1=O. The number of carboxylic acid groups (broad SMARTS) is 1. The first-order chi connectivity index (χ1) is 14.3. The van der Waals surface area contributed by atoms with Gasteiger partial charge in [0.05, 0.1) is 5.97 Å². The lowest BCUT2D eigenvalue weighted by molar-refractivity contribution is -0.307. The number of benzene rings is 2. The van der Waals surface area contributed by atoms with Gasteiger partial charge in [0, 0.05) is 12.1 Å². The van der Waals surface area contributed by atoms with E-state index in [1.54, 1.807) is 12.1 Å². The van der Waals surface area contributed by atoms with Crippen LogP contribution in [-0.4, -0.2) is 41.9 Å². The average molecular weight is 411 g/mol. The van der Waals surface area contributed by atoms with E-state index in [4.69, 9.17) is 4.74 Å². The van der Waals surface area contributed by atoms with Crippen molar-refractivity contribution < 1.29 is 33.4 Å². The Morgan fingerprint density at radius 2 is 1.80 bits per heavy atom. The first kappa shape index (κ1) is 20.7. The van der Waals surface area contributed by atoms with Crippen LogP contribution in [0.2, 0.25) is 0 Å². The molecule has 9 heteroatoms. The number of carbonyl (C=O) groups excluding carboxylic acids is 4. The van der Waals surface area contributed by atoms with E-state index in [0.29, 0.717) is 5.56 Å². The summed E-state index contributed by atoms with van der Waals surface area (Å²) in [5, 5.41) is 12.7. The van der Waals surface area contributed by atoms with Gasteiger partial charge < -0.3 is 14.6 Å². The van der Waals surface area contributed by atoms with E-state index < -0.39 is 36.2 Å². The van der Waals surface area contributed by atoms with Crippen LogP contribution in [0, 0.1) is 5.82 Å². The van der Waals surface area contributed by atoms with Gasteiger partial charge >= 0.3 is 6.03 Å². The molecule has 1 heterocycles. The lowest BCUT2D eigenvalue weighted by Gasteiger charge is -2.26. The number of rotatable bonds is 7. The number of carboxylic acids is 1. The number of carbonyl (C=O) groups is 4. The minimum atomic E-state index is -1.43. The highest BCUT2D eigenvalue weighted by molar-refractivity contribution is 6.31. The number of imide groups is 2. The van der Waals surface area contributed by atoms with E-state index in [2.05, 4.69) is 5.32 Å². The van der Waals surface area contributed by atoms with E-state index in [-0.39, 0.29) is 29.9 Å². The molecule has 8 nitrogen and oxygen atoms in total. The van der Waals surface area contributed by atoms with Gasteiger partial charge in [-0.3, -0.25) is 19.8 Å². The molecule has 1 N–H and O–H groups in total. The van der Waals surface area contributed by atoms with Crippen LogP contribution in [0.4, 0.5) is 9.18 Å². The molecule has 0 bridgehead atoms. The third kappa shape index (κ3) is 4.88. The normalized spacial score (nSPS) is 15.3. The standard InChI is InChI=1S/C21H17FN2O6/c22-15-7-5-13(6-8-15)9-10-24-20(28)16(19(27)23-21(24)29)11-14-3-1-2-4-17(14)30-12-18(25)26/h1-8,11H,9-10,12H2,(H,25,26)(H,23,27,29)/p-1/b16-11+. The van der Waals surface area contributed by atoms with E-state index in [9.17, 15) is 28.7 Å². The second-order valence-electron chi connectivity index (χ2n) is 6.35. The summed E-state index contributed by atoms with van der Waals surface area (Å²) in [7, 11) is 0. The van der Waals surface area contributed by atoms with Crippen LogP contribution in [0.25, 0.3) is 6.08 Å². The van der Waals surface area contributed by atoms with Crippen molar-refractivity contribution in [1.29, 1.82) is 0 Å². The quantitative estimate of drug-likeness (QED) is 0.529. The maximum atomic E-state index is 13.0. The number of amides is 4. The molecular weight excluding hydrogens is 395 g/mol. The summed E-state index contributed by atoms with van der Waals surface area (Å²) in [6, 6.07) is 11.0. The van der Waals surface area contributed by atoms with Gasteiger partial charge in [-0.2, -0.15) is 0 Å². The van der Waals surface area contributed by atoms with Crippen molar-refractivity contribution >= 4 is 29.9 Å². The number of para-hydroxylation sites is 1. The summed E-state index contributed by atoms with van der Waals surface area (Å²) < 4.78 is 18.1. The number of urea groups is 1. The van der Waals surface area contributed by atoms with Crippen LogP contribution in [0.3, 0.4) is 0 Å². The van der Waals surface area contributed by atoms with Crippen molar-refractivity contribution in [2.75, 3.05) is 13.2 Å². The summed E-state index contributed by atoms with van der Waals surface area (Å²) in [4.78, 5) is 48.6. The van der Waals surface area contributed by atoms with E-state index in [1.807, 2.05) is 0 Å². The topological polar surface area (TPSA) is 116 Å². The van der Waals surface area contributed by atoms with Crippen molar-refractivity contribution in [1.82, 2.24) is 10.2 Å². The van der Waals surface area contributed by atoms with Crippen LogP contribution in [-0.2, 0) is 20.8 Å². The van der Waals surface area contributed by atoms with Gasteiger partial charge in [-0.05, 0) is 36.3 Å². The van der Waals surface area contributed by atoms with Gasteiger partial charge in [0.2, 0.25) is 0 Å². The molecule has 4 amide bonds. The maximum absolute atomic E-state index is 13.0. The smallest absolute Gasteiger partial charge is 0.331 e. The fourth-order valence-corrected chi connectivity index (χ4v) is 2.81. The molecule has 0 aliphatic carbocycles. The number of aliphatic carboxylic acids is 1. The number of nitrogens with one attached hydrogen (secondary N) is 1. The Morgan fingerprint density at radius 3 is 2.50 bits per heavy atom. The summed E-state index contributed by atoms with van der Waals surface area (Å²) in [5.41, 5.74) is 0.684. The third-order valence-corrected chi connectivity index (χ3v) is 4.29. The highest BCUT2D eigenvalue weighted by atomic mass is 19.1. The molecule has 0 radical (unpaired) electrons. The summed E-state index contributed by atoms with van der Waals surface area (Å²) in [6.45, 7) is -0.730. The number of nitrogens with zero attached hydrogens (tertiary/aromatic N) is 1. The molecule has 1 aliphatic heterocycles. The highest BCUT2D eigenvalue weighted by Gasteiger charge is 2.35. The summed E-state index contributed by atoms with van der Waals surface area (Å²) in [5.74, 6) is -3.38. The van der Waals surface area contributed by atoms with E-state index >= 15 is 0 Å². The molecule has 0 saturated carbocycles. The minimum Gasteiger partial charge on any atom is -0.546 e. The first-order valence-electron chi connectivity index (χ1n) is 8.90. The highest BCUT2D eigenvalue weighted by Crippen LogP contribution is 2.23. The van der Waals surface area contributed by atoms with Gasteiger partial charge in [0.15, 0.2) is 0 Å². The Bertz CT molecular complexity index is 1030. The molecule has 154 valence electrons. The van der Waals surface area contributed by atoms with Crippen LogP contribution < -0.4 is 15.2 Å². The molecule has 0 atom stereocenters. The zero-order chi connectivity index (χ0) is 21.7. The molecule has 0 unspecified atom stereocenters. The second kappa shape index (κ2) is 8.99. The summed E-state index contributed by atoms with van der Waals surface area (Å²) in [6.07, 6.45) is 1.49. The van der Waals surface area contributed by atoms with Crippen molar-refractivity contribution in [3.63, 3.8) is 0 Å². The molecule has 0 spiro atoms. The van der Waals surface area contributed by atoms with Crippen LogP contribution >= 0.6 is 0 Å². The summed E-state index contributed by atoms with van der Waals surface area (Å²) >= 11 is 0. The molecule has 30 heavy (non-hydrogen) atoms. The third-order valence-electron chi connectivity index (χ3n) is 4.29. The van der Waals surface area contributed by atoms with Gasteiger partial charge in [-0.15, -0.1) is 0 Å². The Morgan fingerprint density at radius 1 is 1.10 bits per heavy atom. The van der Waals surface area contributed by atoms with Gasteiger partial charge in [-0.25, -0.2) is 9.18 Å². The Labute approximate surface area is 170 Å². The average Bonchev–Trinajstić information content (AvgIpc) is 2.71. The predicted molar refractivity (Wildman–Crippen MR) is 100 cm³/mol. The van der Waals surface area contributed by atoms with Gasteiger partial charge in [-0.1, -0.05) is 30.3 Å². The fraction of sp³-hybridized carbons (Fsp3) is 0.143. The Kier molecular flexibility index (Phi) is 6.21. The lowest BCUT2D eigenvalue weighted by atomic mass is 10.1. The zero-order valence-electron chi connectivity index (χ0n) is 15.6. The van der Waals surface area contributed by atoms with Crippen molar-refractivity contribution in [2.45, 2.75) is 6.42 Å². The molecule has 1 saturated heterocycles. The lowest BCUT2D eigenvalue weighted by Crippen LogP contribution is -2.54. The first-order valence-corrected chi connectivity index (χ1v) is 8.90. The Balaban J connectivity index is 1.82. The molecule has 1 fully saturated rings. The number of hydrogen-bond acceptors (Lipinski definition) is 6. The monoisotopic (exact) mass is 411 g/mol. The molecule has 2 aromatic carbocycles. The van der Waals surface area contributed by atoms with E-state index in [0.717, 1.165) is 4.90 Å². The van der Waals surface area contributed by atoms with Crippen LogP contribution in [0.1, 0.15) is 11.1 Å². The van der Waals surface area contributed by atoms with Gasteiger partial charge in [0.1, 0.15) is 23.7 Å². The van der Waals surface area contributed by atoms with Crippen LogP contribution in [0.15, 0.2) is 54.1 Å².